The monoisotopic (exact) mass is 564 g/mol. The number of aliphatic hydroxyl groups excluding tert-OH is 6. The summed E-state index contributed by atoms with van der Waals surface area (Å²) in [4.78, 5) is 58.2. The summed E-state index contributed by atoms with van der Waals surface area (Å²) in [5, 5.41) is 102. The van der Waals surface area contributed by atoms with Crippen LogP contribution in [0.15, 0.2) is 0 Å². The van der Waals surface area contributed by atoms with Gasteiger partial charge >= 0.3 is 172 Å². The van der Waals surface area contributed by atoms with Gasteiger partial charge in [-0.05, 0) is 0 Å². The van der Waals surface area contributed by atoms with Crippen molar-refractivity contribution in [3.8, 4) is 0 Å². The molecule has 0 amide bonds. The molecule has 0 aromatic heterocycles. The molecule has 0 spiro atoms. The maximum absolute atomic E-state index is 9.74. The van der Waals surface area contributed by atoms with Gasteiger partial charge in [0.25, 0.3) is 0 Å². The van der Waals surface area contributed by atoms with Crippen molar-refractivity contribution in [2.75, 3.05) is 0 Å². The Kier molecular flexibility index (Phi) is 36.3. The molecule has 6 unspecified atom stereocenters. The van der Waals surface area contributed by atoms with E-state index < -0.39 is 72.4 Å². The molecule has 0 saturated carbocycles. The normalized spacial score (nSPS) is 14.4. The van der Waals surface area contributed by atoms with Crippen LogP contribution in [0.25, 0.3) is 0 Å². The first kappa shape index (κ1) is 47.7. The first-order valence-electron chi connectivity index (χ1n) is 6.79. The molecule has 0 aliphatic carbocycles. The summed E-state index contributed by atoms with van der Waals surface area (Å²) in [5.74, 6) is -11.5. The van der Waals surface area contributed by atoms with Crippen LogP contribution >= 0.6 is 0 Å². The minimum atomic E-state index is -2.38. The van der Waals surface area contributed by atoms with E-state index in [-0.39, 0.29) is 154 Å². The van der Waals surface area contributed by atoms with Crippen molar-refractivity contribution in [1.29, 1.82) is 0 Å². The van der Waals surface area contributed by atoms with Gasteiger partial charge in [-0.3, -0.25) is 0 Å². The van der Waals surface area contributed by atoms with Crippen LogP contribution in [-0.4, -0.2) is 118 Å². The number of rotatable bonds is 9. The molecule has 18 nitrogen and oxygen atoms in total. The van der Waals surface area contributed by atoms with E-state index in [9.17, 15) is 44.1 Å². The van der Waals surface area contributed by atoms with Gasteiger partial charge in [-0.2, -0.15) is 0 Å². The van der Waals surface area contributed by atoms with Gasteiger partial charge in [0.05, 0.1) is 17.9 Å². The molecule has 0 aromatic carbocycles. The molecule has 0 aromatic rings. The molecular weight excluding hydrogens is 549 g/mol. The van der Waals surface area contributed by atoms with Gasteiger partial charge in [0.1, 0.15) is 18.3 Å². The molecule has 33 heavy (non-hydrogen) atoms. The van der Waals surface area contributed by atoms with E-state index in [1.807, 2.05) is 0 Å². The summed E-state index contributed by atoms with van der Waals surface area (Å²) in [5.41, 5.74) is 0. The maximum Gasteiger partial charge on any atom is 1.00 e. The number of aliphatic hydroxyl groups is 6. The summed E-state index contributed by atoms with van der Waals surface area (Å²) < 4.78 is 0. The summed E-state index contributed by atoms with van der Waals surface area (Å²) >= 11 is 0. The SMILES string of the molecule is O=C([O-])C(O)C(O)C(=O)O.O=C([O-])C(O)C(O)C(=O)O.O=C([O-])C(O)C(O)C(=O)O.[K+].[K+].[K+]. The topological polar surface area (TPSA) is 354 Å². The van der Waals surface area contributed by atoms with Gasteiger partial charge in [-0.15, -0.1) is 0 Å². The molecule has 21 heteroatoms. The van der Waals surface area contributed by atoms with Crippen LogP contribution in [-0.2, 0) is 28.8 Å². The van der Waals surface area contributed by atoms with E-state index in [2.05, 4.69) is 0 Å². The molecule has 0 bridgehead atoms. The van der Waals surface area contributed by atoms with Crippen LogP contribution in [0.1, 0.15) is 0 Å². The van der Waals surface area contributed by atoms with Gasteiger partial charge in [-0.1, -0.05) is 0 Å². The van der Waals surface area contributed by atoms with Gasteiger partial charge in [0, 0.05) is 0 Å². The van der Waals surface area contributed by atoms with E-state index in [0.717, 1.165) is 0 Å². The maximum atomic E-state index is 9.74. The second kappa shape index (κ2) is 25.2. The average Bonchev–Trinajstić information content (AvgIpc) is 2.64. The van der Waals surface area contributed by atoms with Crippen molar-refractivity contribution >= 4 is 35.8 Å². The van der Waals surface area contributed by atoms with Crippen molar-refractivity contribution in [3.05, 3.63) is 0 Å². The van der Waals surface area contributed by atoms with Crippen LogP contribution < -0.4 is 169 Å². The standard InChI is InChI=1S/3C4H6O6.3K/c3*5-1(3(7)8)2(6)4(9)10;;;/h3*1-2,5-6H,(H,7,8)(H,9,10);;;/q;;;3*+1/p-3. The quantitative estimate of drug-likeness (QED) is 0.117. The number of carboxylic acids is 6. The number of carbonyl (C=O) groups is 6. The van der Waals surface area contributed by atoms with Crippen molar-refractivity contribution < 1.29 is 244 Å². The number of carbonyl (C=O) groups excluding carboxylic acids is 3. The zero-order chi connectivity index (χ0) is 24.9. The number of aliphatic carboxylic acids is 6. The molecular formula is C12H15K3O18. The fraction of sp³-hybridized carbons (Fsp3) is 0.500. The number of hydrogen-bond acceptors (Lipinski definition) is 15. The third kappa shape index (κ3) is 23.6. The largest absolute Gasteiger partial charge is 1.00 e. The van der Waals surface area contributed by atoms with Crippen LogP contribution in [0.4, 0.5) is 0 Å². The molecule has 9 N–H and O–H groups in total. The summed E-state index contributed by atoms with van der Waals surface area (Å²) in [6, 6.07) is 0. The third-order valence-electron chi connectivity index (χ3n) is 2.38. The molecule has 0 fully saturated rings. The Bertz CT molecular complexity index is 502. The van der Waals surface area contributed by atoms with E-state index in [0.29, 0.717) is 0 Å². The number of hydrogen-bond donors (Lipinski definition) is 9. The Morgan fingerprint density at radius 3 is 0.545 bits per heavy atom. The molecule has 0 heterocycles. The molecule has 6 atom stereocenters. The molecule has 0 aliphatic rings. The Morgan fingerprint density at radius 2 is 0.515 bits per heavy atom. The van der Waals surface area contributed by atoms with E-state index >= 15 is 0 Å². The summed E-state index contributed by atoms with van der Waals surface area (Å²) in [7, 11) is 0. The van der Waals surface area contributed by atoms with E-state index in [1.165, 1.54) is 0 Å². The Morgan fingerprint density at radius 1 is 0.394 bits per heavy atom. The number of carboxylic acid groups (broad SMARTS) is 6. The molecule has 0 rings (SSSR count). The zero-order valence-corrected chi connectivity index (χ0v) is 26.5. The fourth-order valence-corrected chi connectivity index (χ4v) is 0.792. The predicted octanol–water partition coefficient (Wildman–Crippen LogP) is -19.4. The zero-order valence-electron chi connectivity index (χ0n) is 17.2. The van der Waals surface area contributed by atoms with Gasteiger partial charge in [-0.25, -0.2) is 14.4 Å². The molecule has 0 saturated heterocycles. The van der Waals surface area contributed by atoms with Gasteiger partial charge in [0.2, 0.25) is 0 Å². The van der Waals surface area contributed by atoms with Gasteiger partial charge < -0.3 is 75.7 Å². The molecule has 174 valence electrons. The Balaban J connectivity index is -0.0000000792. The Hall–Kier alpha value is 1.49. The first-order valence-corrected chi connectivity index (χ1v) is 6.79. The minimum absolute atomic E-state index is 0. The van der Waals surface area contributed by atoms with Crippen molar-refractivity contribution in [2.24, 2.45) is 0 Å². The predicted molar refractivity (Wildman–Crippen MR) is 74.0 cm³/mol. The van der Waals surface area contributed by atoms with E-state index in [1.54, 1.807) is 0 Å². The van der Waals surface area contributed by atoms with Crippen LogP contribution in [0.5, 0.6) is 0 Å². The van der Waals surface area contributed by atoms with Gasteiger partial charge in [0.15, 0.2) is 18.3 Å². The second-order valence-corrected chi connectivity index (χ2v) is 4.64. The first-order chi connectivity index (χ1) is 13.4. The Labute approximate surface area is 310 Å². The van der Waals surface area contributed by atoms with Crippen molar-refractivity contribution in [2.45, 2.75) is 36.6 Å². The average molecular weight is 565 g/mol. The van der Waals surface area contributed by atoms with E-state index in [4.69, 9.17) is 46.0 Å². The van der Waals surface area contributed by atoms with Crippen LogP contribution in [0.2, 0.25) is 0 Å². The summed E-state index contributed by atoms with van der Waals surface area (Å²) in [6.45, 7) is 0. The third-order valence-corrected chi connectivity index (χ3v) is 2.38. The van der Waals surface area contributed by atoms with Crippen LogP contribution in [0, 0.1) is 0 Å². The fourth-order valence-electron chi connectivity index (χ4n) is 0.792. The molecule has 0 radical (unpaired) electrons. The second-order valence-electron chi connectivity index (χ2n) is 4.64. The summed E-state index contributed by atoms with van der Waals surface area (Å²) in [6.07, 6.45) is -14.1. The van der Waals surface area contributed by atoms with Crippen LogP contribution in [0.3, 0.4) is 0 Å². The minimum Gasteiger partial charge on any atom is -0.547 e. The van der Waals surface area contributed by atoms with Crippen molar-refractivity contribution in [1.82, 2.24) is 0 Å². The smallest absolute Gasteiger partial charge is 0.547 e. The van der Waals surface area contributed by atoms with Crippen molar-refractivity contribution in [3.63, 3.8) is 0 Å². The molecule has 0 aliphatic heterocycles.